The number of carbonyl (C=O) groups is 5. The van der Waals surface area contributed by atoms with E-state index in [1.165, 1.54) is 17.0 Å². The second-order valence-electron chi connectivity index (χ2n) is 17.0. The molecule has 12 nitrogen and oxygen atoms in total. The topological polar surface area (TPSA) is 185 Å². The number of benzene rings is 1. The van der Waals surface area contributed by atoms with Gasteiger partial charge in [-0.1, -0.05) is 99.8 Å². The molecule has 5 atom stereocenters. The third-order valence-corrected chi connectivity index (χ3v) is 11.7. The van der Waals surface area contributed by atoms with Crippen molar-refractivity contribution in [3.8, 4) is 0 Å². The predicted molar refractivity (Wildman–Crippen MR) is 188 cm³/mol. The maximum Gasteiger partial charge on any atom is 0.315 e. The molecule has 5 N–H and O–H groups in total. The highest BCUT2D eigenvalue weighted by molar-refractivity contribution is 7.91. The van der Waals surface area contributed by atoms with Crippen molar-refractivity contribution < 1.29 is 32.4 Å². The van der Waals surface area contributed by atoms with Crippen molar-refractivity contribution in [1.29, 1.82) is 0 Å². The van der Waals surface area contributed by atoms with Gasteiger partial charge in [-0.25, -0.2) is 13.2 Å². The maximum atomic E-state index is 14.4. The molecule has 1 aromatic carbocycles. The molecule has 1 aliphatic heterocycles. The molecular weight excluding hydrogens is 646 g/mol. The second-order valence-corrected chi connectivity index (χ2v) is 19.0. The Morgan fingerprint density at radius 2 is 1.45 bits per heavy atom. The monoisotopic (exact) mass is 703 g/mol. The van der Waals surface area contributed by atoms with Gasteiger partial charge < -0.3 is 26.6 Å². The Morgan fingerprint density at radius 1 is 0.857 bits per heavy atom. The first-order chi connectivity index (χ1) is 22.4. The number of amides is 5. The smallest absolute Gasteiger partial charge is 0.315 e. The van der Waals surface area contributed by atoms with Crippen molar-refractivity contribution in [1.82, 2.24) is 20.9 Å². The van der Waals surface area contributed by atoms with E-state index < -0.39 is 79.8 Å². The molecule has 1 aromatic rings. The van der Waals surface area contributed by atoms with Crippen molar-refractivity contribution in [2.24, 2.45) is 33.8 Å². The summed E-state index contributed by atoms with van der Waals surface area (Å²) in [6, 6.07) is 3.36. The van der Waals surface area contributed by atoms with Crippen LogP contribution in [0.4, 0.5) is 4.79 Å². The zero-order chi connectivity index (χ0) is 37.1. The van der Waals surface area contributed by atoms with Crippen molar-refractivity contribution >= 4 is 39.4 Å². The van der Waals surface area contributed by atoms with Crippen LogP contribution in [-0.2, 0) is 29.0 Å². The summed E-state index contributed by atoms with van der Waals surface area (Å²) in [4.78, 5) is 68.4. The molecule has 2 aliphatic rings. The molecule has 1 aliphatic carbocycles. The number of nitrogens with two attached hydrogens (primary N) is 1. The van der Waals surface area contributed by atoms with Gasteiger partial charge in [0.2, 0.25) is 17.6 Å². The van der Waals surface area contributed by atoms with Crippen LogP contribution in [0.25, 0.3) is 0 Å². The lowest BCUT2D eigenvalue weighted by Gasteiger charge is -2.39. The molecule has 13 heteroatoms. The van der Waals surface area contributed by atoms with E-state index in [1.807, 2.05) is 41.5 Å². The number of nitrogens with zero attached hydrogens (tertiary/aromatic N) is 1. The van der Waals surface area contributed by atoms with Gasteiger partial charge in [-0.3, -0.25) is 19.2 Å². The summed E-state index contributed by atoms with van der Waals surface area (Å²) in [6.45, 7) is 17.0. The SMILES string of the molecule is CC(C)(C)C1CCN(C(=O)[C@@H](NC(=O)N[C@H](CS(=O)(=O)c2ccccc2)C(C)(C)C)C(C)(C)C)[C@@H]1C(=O)NC(CC1CCC1)C(=O)C(N)=O. The minimum atomic E-state index is -3.75. The van der Waals surface area contributed by atoms with Crippen LogP contribution < -0.4 is 21.7 Å². The molecule has 2 unspecified atom stereocenters. The molecule has 0 bridgehead atoms. The van der Waals surface area contributed by atoms with Crippen molar-refractivity contribution in [3.63, 3.8) is 0 Å². The zero-order valence-corrected chi connectivity index (χ0v) is 31.4. The Balaban J connectivity index is 1.88. The minimum Gasteiger partial charge on any atom is -0.363 e. The molecule has 2 fully saturated rings. The van der Waals surface area contributed by atoms with Crippen LogP contribution in [0.2, 0.25) is 0 Å². The molecule has 1 heterocycles. The van der Waals surface area contributed by atoms with E-state index >= 15 is 0 Å². The van der Waals surface area contributed by atoms with Crippen molar-refractivity contribution in [3.05, 3.63) is 30.3 Å². The lowest BCUT2D eigenvalue weighted by Crippen LogP contribution is -2.62. The van der Waals surface area contributed by atoms with Crippen molar-refractivity contribution in [2.75, 3.05) is 12.3 Å². The van der Waals surface area contributed by atoms with Crippen LogP contribution in [0.15, 0.2) is 35.2 Å². The molecule has 49 heavy (non-hydrogen) atoms. The summed E-state index contributed by atoms with van der Waals surface area (Å²) < 4.78 is 26.5. The molecule has 3 rings (SSSR count). The largest absolute Gasteiger partial charge is 0.363 e. The van der Waals surface area contributed by atoms with E-state index in [9.17, 15) is 32.4 Å². The minimum absolute atomic E-state index is 0.147. The number of ketones is 1. The van der Waals surface area contributed by atoms with Gasteiger partial charge in [-0.2, -0.15) is 0 Å². The van der Waals surface area contributed by atoms with Crippen LogP contribution in [0.1, 0.15) is 94.4 Å². The normalized spacial score (nSPS) is 20.8. The van der Waals surface area contributed by atoms with Gasteiger partial charge in [0.05, 0.1) is 16.7 Å². The van der Waals surface area contributed by atoms with Crippen LogP contribution in [0.3, 0.4) is 0 Å². The Hall–Kier alpha value is -3.48. The Labute approximate surface area is 292 Å². The summed E-state index contributed by atoms with van der Waals surface area (Å²) in [7, 11) is -3.75. The standard InChI is InChI=1S/C36H57N5O7S/c1-34(2,3)24-18-19-41(27(24)31(44)38-25(28(42)30(37)43)20-22-14-13-15-22)32(45)29(36(7,8)9)40-33(46)39-26(35(4,5)6)21-49(47,48)23-16-11-10-12-17-23/h10-12,16-17,22,24-27,29H,13-15,18-21H2,1-9H3,(H2,37,43)(H,38,44)(H2,39,40,46)/t24?,25?,26-,27+,29-/m1/s1. The number of Topliss-reactive ketones (excluding diaryl/α,β-unsaturated/α-hetero) is 1. The Bertz CT molecular complexity index is 1490. The quantitative estimate of drug-likeness (QED) is 0.240. The summed E-state index contributed by atoms with van der Waals surface area (Å²) in [5.74, 6) is -3.44. The van der Waals surface area contributed by atoms with Gasteiger partial charge in [-0.05, 0) is 53.1 Å². The van der Waals surface area contributed by atoms with Gasteiger partial charge in [0.1, 0.15) is 12.1 Å². The Morgan fingerprint density at radius 3 is 1.92 bits per heavy atom. The van der Waals surface area contributed by atoms with Gasteiger partial charge >= 0.3 is 6.03 Å². The molecule has 5 amide bonds. The number of carbonyl (C=O) groups excluding carboxylic acids is 5. The van der Waals surface area contributed by atoms with E-state index in [2.05, 4.69) is 16.0 Å². The molecule has 274 valence electrons. The first-order valence-corrected chi connectivity index (χ1v) is 18.9. The zero-order valence-electron chi connectivity index (χ0n) is 30.6. The number of hydrogen-bond donors (Lipinski definition) is 4. The first kappa shape index (κ1) is 40.0. The average Bonchev–Trinajstić information content (AvgIpc) is 3.41. The van der Waals surface area contributed by atoms with Gasteiger partial charge in [0.25, 0.3) is 5.91 Å². The van der Waals surface area contributed by atoms with Crippen LogP contribution in [0.5, 0.6) is 0 Å². The third-order valence-electron chi connectivity index (χ3n) is 9.96. The fourth-order valence-electron chi connectivity index (χ4n) is 6.59. The number of primary amides is 1. The number of nitrogens with one attached hydrogen (secondary N) is 3. The highest BCUT2D eigenvalue weighted by atomic mass is 32.2. The number of likely N-dealkylation sites (tertiary alicyclic amines) is 1. The third kappa shape index (κ3) is 10.3. The van der Waals surface area contributed by atoms with Gasteiger partial charge in [0.15, 0.2) is 9.84 Å². The first-order valence-electron chi connectivity index (χ1n) is 17.2. The molecule has 1 saturated heterocycles. The van der Waals surface area contributed by atoms with E-state index in [1.54, 1.807) is 39.0 Å². The summed E-state index contributed by atoms with van der Waals surface area (Å²) in [5.41, 5.74) is 3.48. The number of rotatable bonds is 12. The highest BCUT2D eigenvalue weighted by Crippen LogP contribution is 2.40. The summed E-state index contributed by atoms with van der Waals surface area (Å²) in [6.07, 6.45) is 3.62. The Kier molecular flexibility index (Phi) is 12.4. The van der Waals surface area contributed by atoms with Gasteiger partial charge in [-0.15, -0.1) is 0 Å². The van der Waals surface area contributed by atoms with Crippen molar-refractivity contribution in [2.45, 2.75) is 123 Å². The molecule has 0 radical (unpaired) electrons. The number of hydrogen-bond acceptors (Lipinski definition) is 7. The van der Waals surface area contributed by atoms with E-state index in [-0.39, 0.29) is 29.0 Å². The van der Waals surface area contributed by atoms with E-state index in [4.69, 9.17) is 5.73 Å². The van der Waals surface area contributed by atoms with Crippen LogP contribution in [0, 0.1) is 28.1 Å². The van der Waals surface area contributed by atoms with E-state index in [0.29, 0.717) is 12.8 Å². The fourth-order valence-corrected chi connectivity index (χ4v) is 8.38. The molecule has 0 spiro atoms. The predicted octanol–water partition coefficient (Wildman–Crippen LogP) is 3.58. The van der Waals surface area contributed by atoms with Crippen LogP contribution in [-0.4, -0.2) is 79.3 Å². The lowest BCUT2D eigenvalue weighted by molar-refractivity contribution is -0.145. The highest BCUT2D eigenvalue weighted by Gasteiger charge is 2.50. The molecule has 1 saturated carbocycles. The fraction of sp³-hybridized carbons (Fsp3) is 0.694. The molecule has 0 aromatic heterocycles. The van der Waals surface area contributed by atoms with E-state index in [0.717, 1.165) is 19.3 Å². The van der Waals surface area contributed by atoms with Gasteiger partial charge in [0, 0.05) is 12.6 Å². The average molecular weight is 704 g/mol. The number of sulfone groups is 1. The lowest BCUT2D eigenvalue weighted by atomic mass is 9.75. The maximum absolute atomic E-state index is 14.4. The number of urea groups is 1. The summed E-state index contributed by atoms with van der Waals surface area (Å²) in [5, 5.41) is 8.41. The van der Waals surface area contributed by atoms with Crippen LogP contribution >= 0.6 is 0 Å². The molecular formula is C36H57N5O7S. The second kappa shape index (κ2) is 15.2. The summed E-state index contributed by atoms with van der Waals surface area (Å²) >= 11 is 0.